The van der Waals surface area contributed by atoms with Gasteiger partial charge in [0.25, 0.3) is 11.8 Å². The number of hydrogen-bond donors (Lipinski definition) is 2. The van der Waals surface area contributed by atoms with Crippen LogP contribution in [0.25, 0.3) is 0 Å². The predicted octanol–water partition coefficient (Wildman–Crippen LogP) is 2.53. The van der Waals surface area contributed by atoms with Gasteiger partial charge < -0.3 is 5.32 Å². The van der Waals surface area contributed by atoms with E-state index in [1.165, 1.54) is 6.21 Å². The van der Waals surface area contributed by atoms with Crippen LogP contribution in [0.4, 0.5) is 0 Å². The van der Waals surface area contributed by atoms with Gasteiger partial charge >= 0.3 is 0 Å². The molecule has 0 saturated heterocycles. The molecule has 0 radical (unpaired) electrons. The summed E-state index contributed by atoms with van der Waals surface area (Å²) in [5.74, 6) is -0.697. The molecule has 0 unspecified atom stereocenters. The first kappa shape index (κ1) is 16.7. The number of nitrogens with one attached hydrogen (secondary N) is 2. The van der Waals surface area contributed by atoms with E-state index in [2.05, 4.69) is 15.8 Å². The second kappa shape index (κ2) is 8.10. The smallest absolute Gasteiger partial charge is 0.259 e. The van der Waals surface area contributed by atoms with E-state index in [4.69, 9.17) is 11.6 Å². The minimum absolute atomic E-state index is 0.148. The van der Waals surface area contributed by atoms with Crippen molar-refractivity contribution in [3.05, 3.63) is 70.2 Å². The second-order valence-corrected chi connectivity index (χ2v) is 5.28. The molecule has 0 aromatic heterocycles. The lowest BCUT2D eigenvalue weighted by Crippen LogP contribution is -2.35. The van der Waals surface area contributed by atoms with Gasteiger partial charge in [-0.05, 0) is 36.2 Å². The Morgan fingerprint density at radius 3 is 2.52 bits per heavy atom. The monoisotopic (exact) mass is 329 g/mol. The molecule has 2 aromatic rings. The van der Waals surface area contributed by atoms with Gasteiger partial charge in [0, 0.05) is 10.6 Å². The van der Waals surface area contributed by atoms with Crippen molar-refractivity contribution in [3.63, 3.8) is 0 Å². The summed E-state index contributed by atoms with van der Waals surface area (Å²) < 4.78 is 0. The molecule has 5 nitrogen and oxygen atoms in total. The molecule has 2 amide bonds. The summed E-state index contributed by atoms with van der Waals surface area (Å²) >= 11 is 5.77. The molecule has 0 heterocycles. The number of hydrogen-bond acceptors (Lipinski definition) is 3. The first-order valence-electron chi connectivity index (χ1n) is 6.97. The average molecular weight is 330 g/mol. The van der Waals surface area contributed by atoms with Gasteiger partial charge in [0.1, 0.15) is 0 Å². The van der Waals surface area contributed by atoms with Crippen molar-refractivity contribution in [2.75, 3.05) is 6.54 Å². The van der Waals surface area contributed by atoms with Gasteiger partial charge in [0.15, 0.2) is 0 Å². The van der Waals surface area contributed by atoms with E-state index in [-0.39, 0.29) is 12.5 Å². The minimum atomic E-state index is -0.405. The van der Waals surface area contributed by atoms with E-state index in [1.54, 1.807) is 36.4 Å². The Kier molecular flexibility index (Phi) is 5.88. The van der Waals surface area contributed by atoms with Gasteiger partial charge in [0.05, 0.1) is 12.8 Å². The number of benzene rings is 2. The van der Waals surface area contributed by atoms with Crippen molar-refractivity contribution in [2.24, 2.45) is 5.10 Å². The first-order chi connectivity index (χ1) is 11.1. The van der Waals surface area contributed by atoms with Crippen LogP contribution in [0.3, 0.4) is 0 Å². The molecule has 0 atom stereocenters. The molecule has 0 aliphatic carbocycles. The summed E-state index contributed by atoms with van der Waals surface area (Å²) in [6.07, 6.45) is 1.50. The van der Waals surface area contributed by atoms with E-state index >= 15 is 0 Å². The van der Waals surface area contributed by atoms with Crippen LogP contribution in [0.15, 0.2) is 53.6 Å². The number of carbonyl (C=O) groups excluding carboxylic acids is 2. The second-order valence-electron chi connectivity index (χ2n) is 4.84. The van der Waals surface area contributed by atoms with Crippen LogP contribution >= 0.6 is 11.6 Å². The highest BCUT2D eigenvalue weighted by Crippen LogP contribution is 2.08. The molecule has 0 fully saturated rings. The molecule has 0 aliphatic heterocycles. The Hall–Kier alpha value is -2.66. The van der Waals surface area contributed by atoms with Crippen molar-refractivity contribution in [1.82, 2.24) is 10.7 Å². The van der Waals surface area contributed by atoms with E-state index in [1.807, 2.05) is 19.1 Å². The minimum Gasteiger partial charge on any atom is -0.343 e. The molecule has 23 heavy (non-hydrogen) atoms. The van der Waals surface area contributed by atoms with Gasteiger partial charge in [-0.2, -0.15) is 5.10 Å². The molecular weight excluding hydrogens is 314 g/mol. The van der Waals surface area contributed by atoms with E-state index in [0.29, 0.717) is 10.6 Å². The summed E-state index contributed by atoms with van der Waals surface area (Å²) in [7, 11) is 0. The van der Waals surface area contributed by atoms with Crippen molar-refractivity contribution >= 4 is 29.6 Å². The molecule has 0 saturated carbocycles. The molecule has 2 aromatic carbocycles. The highest BCUT2D eigenvalue weighted by Gasteiger charge is 2.09. The topological polar surface area (TPSA) is 70.6 Å². The number of halogens is 1. The maximum atomic E-state index is 12.0. The van der Waals surface area contributed by atoms with E-state index < -0.39 is 5.91 Å². The molecule has 0 spiro atoms. The van der Waals surface area contributed by atoms with Gasteiger partial charge in [-0.15, -0.1) is 0 Å². The number of nitrogens with zero attached hydrogens (tertiary/aromatic N) is 1. The lowest BCUT2D eigenvalue weighted by atomic mass is 10.1. The van der Waals surface area contributed by atoms with Crippen LogP contribution < -0.4 is 10.7 Å². The Morgan fingerprint density at radius 2 is 1.83 bits per heavy atom. The van der Waals surface area contributed by atoms with Crippen LogP contribution in [0, 0.1) is 6.92 Å². The molecule has 6 heteroatoms. The molecule has 2 rings (SSSR count). The van der Waals surface area contributed by atoms with Crippen molar-refractivity contribution < 1.29 is 9.59 Å². The van der Waals surface area contributed by atoms with Gasteiger partial charge in [-0.1, -0.05) is 41.9 Å². The predicted molar refractivity (Wildman–Crippen MR) is 90.7 cm³/mol. The summed E-state index contributed by atoms with van der Waals surface area (Å²) in [6.45, 7) is 1.69. The summed E-state index contributed by atoms with van der Waals surface area (Å²) in [6, 6.07) is 14.2. The molecule has 2 N–H and O–H groups in total. The highest BCUT2D eigenvalue weighted by molar-refractivity contribution is 6.30. The summed E-state index contributed by atoms with van der Waals surface area (Å²) in [4.78, 5) is 23.6. The molecule has 118 valence electrons. The zero-order valence-corrected chi connectivity index (χ0v) is 13.3. The van der Waals surface area contributed by atoms with Crippen molar-refractivity contribution in [2.45, 2.75) is 6.92 Å². The van der Waals surface area contributed by atoms with Crippen LogP contribution in [-0.2, 0) is 4.79 Å². The fourth-order valence-electron chi connectivity index (χ4n) is 1.85. The van der Waals surface area contributed by atoms with E-state index in [0.717, 1.165) is 11.1 Å². The first-order valence-corrected chi connectivity index (χ1v) is 7.35. The summed E-state index contributed by atoms with van der Waals surface area (Å²) in [5.41, 5.74) is 4.55. The van der Waals surface area contributed by atoms with Crippen LogP contribution in [-0.4, -0.2) is 24.6 Å². The van der Waals surface area contributed by atoms with Crippen molar-refractivity contribution in [3.8, 4) is 0 Å². The third-order valence-corrected chi connectivity index (χ3v) is 3.32. The van der Waals surface area contributed by atoms with E-state index in [9.17, 15) is 9.59 Å². The third-order valence-electron chi connectivity index (χ3n) is 3.07. The lowest BCUT2D eigenvalue weighted by Gasteiger charge is -2.06. The molecule has 0 aliphatic rings. The number of rotatable bonds is 5. The zero-order chi connectivity index (χ0) is 16.7. The van der Waals surface area contributed by atoms with Crippen LogP contribution in [0.1, 0.15) is 21.5 Å². The van der Waals surface area contributed by atoms with Gasteiger partial charge in [-0.3, -0.25) is 9.59 Å². The fourth-order valence-corrected chi connectivity index (χ4v) is 1.98. The quantitative estimate of drug-likeness (QED) is 0.653. The van der Waals surface area contributed by atoms with Crippen molar-refractivity contribution in [1.29, 1.82) is 0 Å². The Balaban J connectivity index is 1.80. The summed E-state index contributed by atoms with van der Waals surface area (Å²) in [5, 5.41) is 7.00. The number of aryl methyl sites for hydroxylation is 1. The molecule has 0 bridgehead atoms. The largest absolute Gasteiger partial charge is 0.343 e. The van der Waals surface area contributed by atoms with Crippen LogP contribution in [0.5, 0.6) is 0 Å². The standard InChI is InChI=1S/C17H16ClN3O2/c1-12-4-2-3-5-15(12)17(23)19-11-16(22)21-20-10-13-6-8-14(18)9-7-13/h2-10H,11H2,1H3,(H,19,23)(H,21,22)/b20-10+. The number of hydrazone groups is 1. The maximum Gasteiger partial charge on any atom is 0.259 e. The molecular formula is C17H16ClN3O2. The van der Waals surface area contributed by atoms with Gasteiger partial charge in [0.2, 0.25) is 0 Å². The Labute approximate surface area is 139 Å². The lowest BCUT2D eigenvalue weighted by molar-refractivity contribution is -0.120. The highest BCUT2D eigenvalue weighted by atomic mass is 35.5. The average Bonchev–Trinajstić information content (AvgIpc) is 2.55. The van der Waals surface area contributed by atoms with Crippen LogP contribution in [0.2, 0.25) is 5.02 Å². The number of amides is 2. The fraction of sp³-hybridized carbons (Fsp3) is 0.118. The maximum absolute atomic E-state index is 12.0. The Morgan fingerprint density at radius 1 is 1.13 bits per heavy atom. The Bertz CT molecular complexity index is 727. The normalized spacial score (nSPS) is 10.5. The zero-order valence-electron chi connectivity index (χ0n) is 12.5. The van der Waals surface area contributed by atoms with Gasteiger partial charge in [-0.25, -0.2) is 5.43 Å². The number of carbonyl (C=O) groups is 2. The SMILES string of the molecule is Cc1ccccc1C(=O)NCC(=O)N/N=C/c1ccc(Cl)cc1. The third kappa shape index (κ3) is 5.23.